The number of aryl methyl sites for hydroxylation is 1. The van der Waals surface area contributed by atoms with E-state index in [0.29, 0.717) is 10.8 Å². The Bertz CT molecular complexity index is 811. The van der Waals surface area contributed by atoms with Crippen molar-refractivity contribution in [1.82, 2.24) is 9.78 Å². The van der Waals surface area contributed by atoms with E-state index in [0.717, 1.165) is 27.0 Å². The molecule has 0 amide bonds. The minimum absolute atomic E-state index is 0.593. The van der Waals surface area contributed by atoms with Gasteiger partial charge in [-0.15, -0.1) is 0 Å². The molecule has 2 N–H and O–H groups in total. The van der Waals surface area contributed by atoms with Crippen LogP contribution in [0.25, 0.3) is 16.9 Å². The van der Waals surface area contributed by atoms with Crippen molar-refractivity contribution in [2.24, 2.45) is 0 Å². The molecule has 0 fully saturated rings. The van der Waals surface area contributed by atoms with E-state index in [1.165, 1.54) is 0 Å². The van der Waals surface area contributed by atoms with E-state index < -0.39 is 0 Å². The number of aromatic nitrogens is 2. The second kappa shape index (κ2) is 5.54. The zero-order chi connectivity index (χ0) is 15.0. The van der Waals surface area contributed by atoms with Crippen molar-refractivity contribution in [3.8, 4) is 16.9 Å². The van der Waals surface area contributed by atoms with Gasteiger partial charge in [0.25, 0.3) is 0 Å². The van der Waals surface area contributed by atoms with E-state index in [1.807, 2.05) is 55.5 Å². The molecule has 1 heterocycles. The van der Waals surface area contributed by atoms with Gasteiger partial charge in [0, 0.05) is 21.1 Å². The molecule has 0 bridgehead atoms. The lowest BCUT2D eigenvalue weighted by Gasteiger charge is -2.08. The molecule has 0 aliphatic heterocycles. The van der Waals surface area contributed by atoms with Crippen LogP contribution in [0.2, 0.25) is 5.02 Å². The molecule has 3 nitrogen and oxygen atoms in total. The lowest BCUT2D eigenvalue weighted by Crippen LogP contribution is -2.03. The number of anilines is 1. The van der Waals surface area contributed by atoms with Crippen LogP contribution in [0.15, 0.2) is 53.0 Å². The van der Waals surface area contributed by atoms with E-state index >= 15 is 0 Å². The third kappa shape index (κ3) is 2.82. The Morgan fingerprint density at radius 2 is 1.95 bits per heavy atom. The van der Waals surface area contributed by atoms with E-state index in [1.54, 1.807) is 4.68 Å². The minimum atomic E-state index is 0.593. The molecule has 3 aromatic rings. The standard InChI is InChI=1S/C16H13BrClN3/c1-10-7-12(17)5-6-15(10)21-16(19)9-14(20-21)11-3-2-4-13(18)8-11/h2-9H,19H2,1H3. The van der Waals surface area contributed by atoms with Gasteiger partial charge in [-0.3, -0.25) is 0 Å². The molecule has 106 valence electrons. The van der Waals surface area contributed by atoms with Gasteiger partial charge < -0.3 is 5.73 Å². The lowest BCUT2D eigenvalue weighted by molar-refractivity contribution is 0.886. The van der Waals surface area contributed by atoms with Gasteiger partial charge in [0.15, 0.2) is 0 Å². The molecule has 1 aromatic heterocycles. The van der Waals surface area contributed by atoms with E-state index in [2.05, 4.69) is 21.0 Å². The molecule has 5 heteroatoms. The highest BCUT2D eigenvalue weighted by molar-refractivity contribution is 9.10. The molecule has 0 unspecified atom stereocenters. The topological polar surface area (TPSA) is 43.8 Å². The fourth-order valence-corrected chi connectivity index (χ4v) is 2.90. The van der Waals surface area contributed by atoms with Crippen molar-refractivity contribution in [3.63, 3.8) is 0 Å². The van der Waals surface area contributed by atoms with Crippen LogP contribution in [0.1, 0.15) is 5.56 Å². The van der Waals surface area contributed by atoms with Crippen LogP contribution < -0.4 is 5.73 Å². The molecule has 0 saturated heterocycles. The van der Waals surface area contributed by atoms with E-state index in [4.69, 9.17) is 17.3 Å². The second-order valence-corrected chi connectivity index (χ2v) is 6.16. The number of rotatable bonds is 2. The van der Waals surface area contributed by atoms with Gasteiger partial charge in [0.2, 0.25) is 0 Å². The van der Waals surface area contributed by atoms with Crippen molar-refractivity contribution in [2.75, 3.05) is 5.73 Å². The molecule has 0 aliphatic carbocycles. The number of nitrogens with two attached hydrogens (primary N) is 1. The summed E-state index contributed by atoms with van der Waals surface area (Å²) in [5, 5.41) is 5.28. The Balaban J connectivity index is 2.10. The fraction of sp³-hybridized carbons (Fsp3) is 0.0625. The maximum atomic E-state index is 6.11. The SMILES string of the molecule is Cc1cc(Br)ccc1-n1nc(-c2cccc(Cl)c2)cc1N. The summed E-state index contributed by atoms with van der Waals surface area (Å²) in [4.78, 5) is 0. The first-order chi connectivity index (χ1) is 10.0. The Morgan fingerprint density at radius 3 is 2.67 bits per heavy atom. The second-order valence-electron chi connectivity index (χ2n) is 4.81. The summed E-state index contributed by atoms with van der Waals surface area (Å²) in [5.74, 6) is 0.593. The molecule has 3 rings (SSSR count). The highest BCUT2D eigenvalue weighted by Crippen LogP contribution is 2.27. The fourth-order valence-electron chi connectivity index (χ4n) is 2.23. The largest absolute Gasteiger partial charge is 0.384 e. The van der Waals surface area contributed by atoms with Crippen LogP contribution in [0.5, 0.6) is 0 Å². The monoisotopic (exact) mass is 361 g/mol. The summed E-state index contributed by atoms with van der Waals surface area (Å²) in [6, 6.07) is 15.4. The number of nitrogens with zero attached hydrogens (tertiary/aromatic N) is 2. The predicted molar refractivity (Wildman–Crippen MR) is 90.9 cm³/mol. The third-order valence-electron chi connectivity index (χ3n) is 3.24. The van der Waals surface area contributed by atoms with Crippen LogP contribution in [-0.2, 0) is 0 Å². The first-order valence-electron chi connectivity index (χ1n) is 6.42. The maximum Gasteiger partial charge on any atom is 0.127 e. The van der Waals surface area contributed by atoms with Crippen molar-refractivity contribution < 1.29 is 0 Å². The number of hydrogen-bond acceptors (Lipinski definition) is 2. The van der Waals surface area contributed by atoms with Gasteiger partial charge in [-0.25, -0.2) is 4.68 Å². The Kier molecular flexibility index (Phi) is 3.74. The van der Waals surface area contributed by atoms with Gasteiger partial charge in [-0.1, -0.05) is 39.7 Å². The maximum absolute atomic E-state index is 6.11. The van der Waals surface area contributed by atoms with Crippen molar-refractivity contribution >= 4 is 33.3 Å². The van der Waals surface area contributed by atoms with Crippen LogP contribution in [-0.4, -0.2) is 9.78 Å². The van der Waals surface area contributed by atoms with Crippen LogP contribution >= 0.6 is 27.5 Å². The zero-order valence-electron chi connectivity index (χ0n) is 11.3. The van der Waals surface area contributed by atoms with Crippen molar-refractivity contribution in [2.45, 2.75) is 6.92 Å². The molecular formula is C16H13BrClN3. The normalized spacial score (nSPS) is 10.8. The smallest absolute Gasteiger partial charge is 0.127 e. The summed E-state index contributed by atoms with van der Waals surface area (Å²) < 4.78 is 2.78. The third-order valence-corrected chi connectivity index (χ3v) is 3.97. The highest BCUT2D eigenvalue weighted by Gasteiger charge is 2.11. The first-order valence-corrected chi connectivity index (χ1v) is 7.60. The molecule has 0 atom stereocenters. The number of halogens is 2. The Morgan fingerprint density at radius 1 is 1.14 bits per heavy atom. The molecule has 0 radical (unpaired) electrons. The summed E-state index contributed by atoms with van der Waals surface area (Å²) in [5.41, 5.74) is 9.92. The molecule has 2 aromatic carbocycles. The van der Waals surface area contributed by atoms with Crippen LogP contribution in [0.3, 0.4) is 0 Å². The van der Waals surface area contributed by atoms with Gasteiger partial charge in [0.05, 0.1) is 11.4 Å². The summed E-state index contributed by atoms with van der Waals surface area (Å²) in [6.45, 7) is 2.03. The number of hydrogen-bond donors (Lipinski definition) is 1. The predicted octanol–water partition coefficient (Wildman–Crippen LogP) is 4.85. The summed E-state index contributed by atoms with van der Waals surface area (Å²) in [7, 11) is 0. The van der Waals surface area contributed by atoms with Crippen molar-refractivity contribution in [3.05, 3.63) is 63.6 Å². The first kappa shape index (κ1) is 14.2. The number of benzene rings is 2. The zero-order valence-corrected chi connectivity index (χ0v) is 13.7. The van der Waals surface area contributed by atoms with Crippen LogP contribution in [0, 0.1) is 6.92 Å². The van der Waals surface area contributed by atoms with E-state index in [-0.39, 0.29) is 0 Å². The molecule has 21 heavy (non-hydrogen) atoms. The highest BCUT2D eigenvalue weighted by atomic mass is 79.9. The molecule has 0 spiro atoms. The summed E-state index contributed by atoms with van der Waals surface area (Å²) in [6.07, 6.45) is 0. The van der Waals surface area contributed by atoms with Gasteiger partial charge >= 0.3 is 0 Å². The minimum Gasteiger partial charge on any atom is -0.384 e. The van der Waals surface area contributed by atoms with Gasteiger partial charge in [-0.2, -0.15) is 5.10 Å². The molecular weight excluding hydrogens is 350 g/mol. The van der Waals surface area contributed by atoms with Crippen LogP contribution in [0.4, 0.5) is 5.82 Å². The Labute approximate surface area is 136 Å². The van der Waals surface area contributed by atoms with Gasteiger partial charge in [-0.05, 0) is 42.8 Å². The molecule has 0 saturated carbocycles. The quantitative estimate of drug-likeness (QED) is 0.708. The lowest BCUT2D eigenvalue weighted by atomic mass is 10.1. The van der Waals surface area contributed by atoms with Crippen molar-refractivity contribution in [1.29, 1.82) is 0 Å². The van der Waals surface area contributed by atoms with E-state index in [9.17, 15) is 0 Å². The van der Waals surface area contributed by atoms with Gasteiger partial charge in [0.1, 0.15) is 5.82 Å². The summed E-state index contributed by atoms with van der Waals surface area (Å²) >= 11 is 9.49. The average molecular weight is 363 g/mol. The molecule has 0 aliphatic rings. The number of nitrogen functional groups attached to an aromatic ring is 1. The average Bonchev–Trinajstić information content (AvgIpc) is 2.81. The Hall–Kier alpha value is -1.78.